The molecule has 2 aromatic rings. The van der Waals surface area contributed by atoms with Gasteiger partial charge in [-0.1, -0.05) is 42.8 Å². The van der Waals surface area contributed by atoms with E-state index in [2.05, 4.69) is 21.3 Å². The predicted octanol–water partition coefficient (Wildman–Crippen LogP) is 1.93. The summed E-state index contributed by atoms with van der Waals surface area (Å²) in [5.74, 6) is -3.94. The highest BCUT2D eigenvalue weighted by molar-refractivity contribution is 5.91. The molecular weight excluding hydrogens is 646 g/mol. The van der Waals surface area contributed by atoms with E-state index in [1.54, 1.807) is 12.1 Å². The van der Waals surface area contributed by atoms with Crippen LogP contribution < -0.4 is 32.7 Å². The largest absolute Gasteiger partial charge is 0.481 e. The molecule has 3 atom stereocenters. The second-order valence-corrected chi connectivity index (χ2v) is 12.1. The number of carboxylic acids is 2. The van der Waals surface area contributed by atoms with E-state index in [1.807, 2.05) is 36.4 Å². The van der Waals surface area contributed by atoms with E-state index in [4.69, 9.17) is 22.0 Å². The number of carbonyl (C=O) groups excluding carboxylic acids is 4. The number of carboxylic acid groups (broad SMARTS) is 2. The molecule has 0 spiro atoms. The van der Waals surface area contributed by atoms with Crippen LogP contribution >= 0.6 is 0 Å². The molecule has 0 unspecified atom stereocenters. The lowest BCUT2D eigenvalue weighted by molar-refractivity contribution is -0.142. The number of Topliss-reactive ketones (excluding diaryl/α,β-unsaturated/α-hetero) is 1. The number of amidine groups is 1. The summed E-state index contributed by atoms with van der Waals surface area (Å²) < 4.78 is 0. The Kier molecular flexibility index (Phi) is 17.8. The fraction of sp³-hybridized carbons (Fsp3) is 0.457. The molecule has 2 aromatic carbocycles. The highest BCUT2D eigenvalue weighted by atomic mass is 16.4. The molecule has 15 heteroatoms. The van der Waals surface area contributed by atoms with E-state index in [0.29, 0.717) is 44.5 Å². The van der Waals surface area contributed by atoms with Gasteiger partial charge >= 0.3 is 11.9 Å². The van der Waals surface area contributed by atoms with Crippen molar-refractivity contribution in [2.75, 3.05) is 18.4 Å². The number of nitrogens with one attached hydrogen (secondary N) is 5. The molecule has 3 amide bonds. The van der Waals surface area contributed by atoms with Crippen LogP contribution in [0.3, 0.4) is 0 Å². The Hall–Kier alpha value is -5.15. The molecule has 11 N–H and O–H groups in total. The Morgan fingerprint density at radius 3 is 1.98 bits per heavy atom. The van der Waals surface area contributed by atoms with Crippen LogP contribution in [-0.4, -0.2) is 82.7 Å². The van der Waals surface area contributed by atoms with Crippen molar-refractivity contribution in [3.63, 3.8) is 0 Å². The van der Waals surface area contributed by atoms with Crippen molar-refractivity contribution < 1.29 is 39.0 Å². The third-order valence-corrected chi connectivity index (χ3v) is 7.78. The first-order valence-electron chi connectivity index (χ1n) is 16.6. The zero-order valence-corrected chi connectivity index (χ0v) is 28.3. The minimum Gasteiger partial charge on any atom is -0.481 e. The van der Waals surface area contributed by atoms with Gasteiger partial charge in [0.05, 0.1) is 24.3 Å². The second-order valence-electron chi connectivity index (χ2n) is 12.1. The Bertz CT molecular complexity index is 1460. The van der Waals surface area contributed by atoms with E-state index >= 15 is 0 Å². The predicted molar refractivity (Wildman–Crippen MR) is 188 cm³/mol. The number of anilines is 1. The minimum absolute atomic E-state index is 0.0387. The molecule has 0 radical (unpaired) electrons. The number of aliphatic carboxylic acids is 2. The van der Waals surface area contributed by atoms with Crippen molar-refractivity contribution in [3.8, 4) is 11.1 Å². The van der Waals surface area contributed by atoms with Crippen LogP contribution in [0.25, 0.3) is 11.1 Å². The number of carbonyl (C=O) groups is 6. The molecule has 0 fully saturated rings. The molecule has 0 aliphatic rings. The van der Waals surface area contributed by atoms with Gasteiger partial charge in [-0.15, -0.1) is 0 Å². The molecule has 272 valence electrons. The van der Waals surface area contributed by atoms with Gasteiger partial charge in [0, 0.05) is 38.4 Å². The lowest BCUT2D eigenvalue weighted by Crippen LogP contribution is -2.49. The fourth-order valence-corrected chi connectivity index (χ4v) is 5.03. The first kappa shape index (κ1) is 41.0. The lowest BCUT2D eigenvalue weighted by Gasteiger charge is -2.21. The second kappa shape index (κ2) is 21.7. The minimum atomic E-state index is -1.26. The number of ketones is 1. The molecule has 0 aromatic heterocycles. The van der Waals surface area contributed by atoms with E-state index < -0.39 is 48.3 Å². The zero-order valence-electron chi connectivity index (χ0n) is 28.3. The maximum absolute atomic E-state index is 13.4. The van der Waals surface area contributed by atoms with Gasteiger partial charge in [-0.2, -0.15) is 0 Å². The van der Waals surface area contributed by atoms with Crippen molar-refractivity contribution in [2.24, 2.45) is 11.5 Å². The molecule has 15 nitrogen and oxygen atoms in total. The van der Waals surface area contributed by atoms with Gasteiger partial charge in [0.25, 0.3) is 0 Å². The standard InChI is InChI=1S/C35H49N7O8/c1-22(43)40-26-14-12-25(13-15-26)24-10-8-23(9-11-24)21-29(42-34(48)27(36)5-4-19-39-20-18-31(37)38)30(44)7-3-2-6-28(35(49)50)41-32(45)16-17-33(46)47/h8-15,27-29,39H,2-7,16-21,36H2,1H3,(H3,37,38)(H,40,43)(H,41,45)(H,42,48)(H,46,47)(H,49,50)/t27-,28+,29+/m0/s1. The molecule has 0 saturated heterocycles. The van der Waals surface area contributed by atoms with Gasteiger partial charge < -0.3 is 42.9 Å². The number of amides is 3. The Morgan fingerprint density at radius 1 is 0.760 bits per heavy atom. The third kappa shape index (κ3) is 16.3. The number of hydrogen-bond donors (Lipinski definition) is 9. The van der Waals surface area contributed by atoms with Gasteiger partial charge in [0.2, 0.25) is 17.7 Å². The third-order valence-electron chi connectivity index (χ3n) is 7.78. The van der Waals surface area contributed by atoms with Crippen LogP contribution in [0.1, 0.15) is 70.3 Å². The topological polar surface area (TPSA) is 267 Å². The fourth-order valence-electron chi connectivity index (χ4n) is 5.03. The lowest BCUT2D eigenvalue weighted by atomic mass is 9.96. The summed E-state index contributed by atoms with van der Waals surface area (Å²) in [7, 11) is 0. The summed E-state index contributed by atoms with van der Waals surface area (Å²) in [6.45, 7) is 2.55. The SMILES string of the molecule is CC(=O)Nc1ccc(-c2ccc(C[C@@H](NC(=O)[C@@H](N)CCCNCCC(=N)N)C(=O)CCCC[C@@H](NC(=O)CCC(=O)O)C(=O)O)cc2)cc1. The highest BCUT2D eigenvalue weighted by Crippen LogP contribution is 2.23. The van der Waals surface area contributed by atoms with Crippen LogP contribution in [0, 0.1) is 5.41 Å². The monoisotopic (exact) mass is 695 g/mol. The van der Waals surface area contributed by atoms with Crippen molar-refractivity contribution >= 4 is 47.0 Å². The molecule has 0 aliphatic heterocycles. The van der Waals surface area contributed by atoms with Gasteiger partial charge in [-0.25, -0.2) is 4.79 Å². The van der Waals surface area contributed by atoms with Crippen LogP contribution in [-0.2, 0) is 35.2 Å². The number of rotatable bonds is 24. The Balaban J connectivity index is 2.05. The summed E-state index contributed by atoms with van der Waals surface area (Å²) >= 11 is 0. The molecular formula is C35H49N7O8. The molecule has 50 heavy (non-hydrogen) atoms. The summed E-state index contributed by atoms with van der Waals surface area (Å²) in [6.07, 6.45) is 1.47. The maximum Gasteiger partial charge on any atom is 0.326 e. The van der Waals surface area contributed by atoms with Gasteiger partial charge in [0.1, 0.15) is 6.04 Å². The van der Waals surface area contributed by atoms with Crippen LogP contribution in [0.2, 0.25) is 0 Å². The summed E-state index contributed by atoms with van der Waals surface area (Å²) in [4.78, 5) is 72.1. The van der Waals surface area contributed by atoms with Crippen LogP contribution in [0.4, 0.5) is 5.69 Å². The first-order chi connectivity index (χ1) is 23.7. The van der Waals surface area contributed by atoms with Gasteiger partial charge in [-0.05, 0) is 67.5 Å². The van der Waals surface area contributed by atoms with Crippen LogP contribution in [0.15, 0.2) is 48.5 Å². The van der Waals surface area contributed by atoms with E-state index in [1.165, 1.54) is 6.92 Å². The molecule has 0 bridgehead atoms. The van der Waals surface area contributed by atoms with E-state index in [9.17, 15) is 33.9 Å². The molecule has 0 aliphatic carbocycles. The number of hydrogen-bond acceptors (Lipinski definition) is 9. The normalized spacial score (nSPS) is 12.6. The Morgan fingerprint density at radius 2 is 1.40 bits per heavy atom. The number of nitrogens with two attached hydrogens (primary N) is 2. The van der Waals surface area contributed by atoms with Crippen molar-refractivity contribution in [1.29, 1.82) is 5.41 Å². The van der Waals surface area contributed by atoms with Gasteiger partial charge in [-0.3, -0.25) is 29.4 Å². The average Bonchev–Trinajstić information content (AvgIpc) is 3.06. The van der Waals surface area contributed by atoms with Gasteiger partial charge in [0.15, 0.2) is 5.78 Å². The summed E-state index contributed by atoms with van der Waals surface area (Å²) in [5.41, 5.74) is 14.8. The first-order valence-corrected chi connectivity index (χ1v) is 16.6. The number of unbranched alkanes of at least 4 members (excludes halogenated alkanes) is 1. The molecule has 2 rings (SSSR count). The van der Waals surface area contributed by atoms with Crippen LogP contribution in [0.5, 0.6) is 0 Å². The van der Waals surface area contributed by atoms with E-state index in [0.717, 1.165) is 16.7 Å². The van der Waals surface area contributed by atoms with Crippen molar-refractivity contribution in [2.45, 2.75) is 89.3 Å². The molecule has 0 saturated carbocycles. The zero-order chi connectivity index (χ0) is 37.1. The van der Waals surface area contributed by atoms with Crippen molar-refractivity contribution in [1.82, 2.24) is 16.0 Å². The highest BCUT2D eigenvalue weighted by Gasteiger charge is 2.25. The van der Waals surface area contributed by atoms with Crippen molar-refractivity contribution in [3.05, 3.63) is 54.1 Å². The molecule has 0 heterocycles. The quantitative estimate of drug-likeness (QED) is 0.0435. The average molecular weight is 696 g/mol. The number of benzene rings is 2. The Labute approximate surface area is 291 Å². The smallest absolute Gasteiger partial charge is 0.326 e. The van der Waals surface area contributed by atoms with E-state index in [-0.39, 0.29) is 49.6 Å². The summed E-state index contributed by atoms with van der Waals surface area (Å²) in [6, 6.07) is 11.9. The summed E-state index contributed by atoms with van der Waals surface area (Å²) in [5, 5.41) is 36.5. The maximum atomic E-state index is 13.4.